The minimum Gasteiger partial charge on any atom is -0.475 e. The number of aryl methyl sites for hydroxylation is 1. The molecule has 2 N–H and O–H groups in total. The number of rotatable bonds is 3. The quantitative estimate of drug-likeness (QED) is 0.784. The van der Waals surface area contributed by atoms with Crippen LogP contribution in [0.4, 0.5) is 0 Å². The maximum atomic E-state index is 12.2. The first-order valence-corrected chi connectivity index (χ1v) is 8.25. The molecule has 2 aromatic rings. The minimum absolute atomic E-state index is 0.0613. The Morgan fingerprint density at radius 1 is 1.25 bits per heavy atom. The molecule has 0 saturated carbocycles. The predicted molar refractivity (Wildman–Crippen MR) is 91.5 cm³/mol. The van der Waals surface area contributed by atoms with Gasteiger partial charge in [-0.15, -0.1) is 0 Å². The summed E-state index contributed by atoms with van der Waals surface area (Å²) in [6.07, 6.45) is 2.13. The highest BCUT2D eigenvalue weighted by molar-refractivity contribution is 9.10. The number of nitrogens with zero attached hydrogens (tertiary/aromatic N) is 1. The predicted octanol–water partition coefficient (Wildman–Crippen LogP) is 3.52. The standard InChI is InChI=1S/C17H15BrN2O4/c1-9-14-12(3-2-4-13(14)24-15(9)17(22)23)19-20-16(21)10-5-7-11(18)8-6-10/h5-8H,2-4H2,1H3,(H,20,21)(H,22,23)/b19-12+. The second kappa shape index (κ2) is 6.60. The largest absolute Gasteiger partial charge is 0.475 e. The van der Waals surface area contributed by atoms with E-state index in [-0.39, 0.29) is 11.7 Å². The normalized spacial score (nSPS) is 15.2. The smallest absolute Gasteiger partial charge is 0.372 e. The third kappa shape index (κ3) is 3.12. The highest BCUT2D eigenvalue weighted by Gasteiger charge is 2.27. The number of hydrogen-bond acceptors (Lipinski definition) is 4. The zero-order valence-corrected chi connectivity index (χ0v) is 14.5. The number of amides is 1. The highest BCUT2D eigenvalue weighted by atomic mass is 79.9. The summed E-state index contributed by atoms with van der Waals surface area (Å²) in [6.45, 7) is 1.70. The number of nitrogens with one attached hydrogen (secondary N) is 1. The van der Waals surface area contributed by atoms with Crippen LogP contribution in [0.25, 0.3) is 0 Å². The summed E-state index contributed by atoms with van der Waals surface area (Å²) in [7, 11) is 0. The van der Waals surface area contributed by atoms with Crippen LogP contribution in [0.5, 0.6) is 0 Å². The van der Waals surface area contributed by atoms with E-state index in [1.807, 2.05) is 0 Å². The molecular formula is C17H15BrN2O4. The van der Waals surface area contributed by atoms with Crippen LogP contribution in [0.1, 0.15) is 50.6 Å². The van der Waals surface area contributed by atoms with Crippen LogP contribution in [0.2, 0.25) is 0 Å². The molecule has 0 spiro atoms. The van der Waals surface area contributed by atoms with Crippen molar-refractivity contribution in [3.8, 4) is 0 Å². The lowest BCUT2D eigenvalue weighted by Gasteiger charge is -2.13. The molecule has 24 heavy (non-hydrogen) atoms. The molecule has 0 radical (unpaired) electrons. The van der Waals surface area contributed by atoms with Crippen LogP contribution < -0.4 is 5.43 Å². The van der Waals surface area contributed by atoms with Crippen molar-refractivity contribution in [2.75, 3.05) is 0 Å². The van der Waals surface area contributed by atoms with Gasteiger partial charge >= 0.3 is 5.97 Å². The zero-order chi connectivity index (χ0) is 17.3. The lowest BCUT2D eigenvalue weighted by Crippen LogP contribution is -2.22. The van der Waals surface area contributed by atoms with Gasteiger partial charge in [0.15, 0.2) is 0 Å². The molecule has 3 rings (SSSR count). The Hall–Kier alpha value is -2.41. The van der Waals surface area contributed by atoms with Gasteiger partial charge in [0.2, 0.25) is 5.76 Å². The molecule has 1 aliphatic rings. The SMILES string of the molecule is Cc1c(C(=O)O)oc2c1/C(=N/NC(=O)c1ccc(Br)cc1)CCC2. The summed E-state index contributed by atoms with van der Waals surface area (Å²) in [5.41, 5.74) is 4.94. The van der Waals surface area contributed by atoms with Crippen LogP contribution in [0, 0.1) is 6.92 Å². The van der Waals surface area contributed by atoms with Crippen molar-refractivity contribution in [1.82, 2.24) is 5.43 Å². The first-order valence-electron chi connectivity index (χ1n) is 7.45. The monoisotopic (exact) mass is 390 g/mol. The van der Waals surface area contributed by atoms with Crippen molar-refractivity contribution in [3.05, 3.63) is 56.9 Å². The lowest BCUT2D eigenvalue weighted by molar-refractivity contribution is 0.0659. The van der Waals surface area contributed by atoms with Crippen LogP contribution in [0.3, 0.4) is 0 Å². The van der Waals surface area contributed by atoms with Gasteiger partial charge in [-0.1, -0.05) is 15.9 Å². The molecule has 6 nitrogen and oxygen atoms in total. The van der Waals surface area contributed by atoms with E-state index in [1.54, 1.807) is 31.2 Å². The Morgan fingerprint density at radius 2 is 1.96 bits per heavy atom. The number of hydrogen-bond donors (Lipinski definition) is 2. The van der Waals surface area contributed by atoms with E-state index in [0.717, 1.165) is 10.9 Å². The first kappa shape index (κ1) is 16.4. The van der Waals surface area contributed by atoms with E-state index in [9.17, 15) is 14.7 Å². The van der Waals surface area contributed by atoms with Crippen LogP contribution in [0.15, 0.2) is 38.3 Å². The number of furan rings is 1. The minimum atomic E-state index is -1.10. The van der Waals surface area contributed by atoms with E-state index in [0.29, 0.717) is 41.0 Å². The Labute approximate surface area is 146 Å². The number of carbonyl (C=O) groups excluding carboxylic acids is 1. The van der Waals surface area contributed by atoms with Gasteiger partial charge in [0.1, 0.15) is 5.76 Å². The summed E-state index contributed by atoms with van der Waals surface area (Å²) in [4.78, 5) is 23.4. The summed E-state index contributed by atoms with van der Waals surface area (Å²) in [5.74, 6) is -0.858. The Bertz CT molecular complexity index is 837. The molecule has 7 heteroatoms. The van der Waals surface area contributed by atoms with E-state index >= 15 is 0 Å². The first-order chi connectivity index (χ1) is 11.5. The average molecular weight is 391 g/mol. The van der Waals surface area contributed by atoms with Gasteiger partial charge in [-0.25, -0.2) is 10.2 Å². The van der Waals surface area contributed by atoms with Crippen molar-refractivity contribution in [3.63, 3.8) is 0 Å². The van der Waals surface area contributed by atoms with Gasteiger partial charge in [0, 0.05) is 27.6 Å². The number of fused-ring (bicyclic) bond motifs is 1. The molecule has 0 bridgehead atoms. The second-order valence-electron chi connectivity index (χ2n) is 5.52. The topological polar surface area (TPSA) is 91.9 Å². The second-order valence-corrected chi connectivity index (χ2v) is 6.44. The Kier molecular flexibility index (Phi) is 4.53. The number of aromatic carboxylic acids is 1. The molecule has 124 valence electrons. The third-order valence-electron chi connectivity index (χ3n) is 3.92. The number of carboxylic acid groups (broad SMARTS) is 1. The van der Waals surface area contributed by atoms with E-state index in [1.165, 1.54) is 0 Å². The Balaban J connectivity index is 1.86. The van der Waals surface area contributed by atoms with Crippen molar-refractivity contribution in [2.45, 2.75) is 26.2 Å². The fraction of sp³-hybridized carbons (Fsp3) is 0.235. The molecule has 1 aromatic carbocycles. The van der Waals surface area contributed by atoms with Crippen molar-refractivity contribution < 1.29 is 19.1 Å². The van der Waals surface area contributed by atoms with Crippen molar-refractivity contribution in [2.24, 2.45) is 5.10 Å². The molecule has 0 atom stereocenters. The van der Waals surface area contributed by atoms with Gasteiger partial charge in [-0.2, -0.15) is 5.10 Å². The number of carbonyl (C=O) groups is 2. The summed E-state index contributed by atoms with van der Waals surface area (Å²) in [5, 5.41) is 13.4. The average Bonchev–Trinajstić information content (AvgIpc) is 2.91. The molecule has 1 heterocycles. The fourth-order valence-electron chi connectivity index (χ4n) is 2.77. The maximum Gasteiger partial charge on any atom is 0.372 e. The van der Waals surface area contributed by atoms with Crippen LogP contribution in [-0.4, -0.2) is 22.7 Å². The molecular weight excluding hydrogens is 376 g/mol. The molecule has 1 amide bonds. The molecule has 0 saturated heterocycles. The summed E-state index contributed by atoms with van der Waals surface area (Å²) in [6, 6.07) is 6.94. The molecule has 0 fully saturated rings. The molecule has 0 unspecified atom stereocenters. The number of benzene rings is 1. The third-order valence-corrected chi connectivity index (χ3v) is 4.45. The Morgan fingerprint density at radius 3 is 2.62 bits per heavy atom. The van der Waals surface area contributed by atoms with Crippen molar-refractivity contribution in [1.29, 1.82) is 0 Å². The number of halogens is 1. The van der Waals surface area contributed by atoms with Gasteiger partial charge in [-0.3, -0.25) is 4.79 Å². The van der Waals surface area contributed by atoms with Crippen LogP contribution in [-0.2, 0) is 6.42 Å². The maximum absolute atomic E-state index is 12.2. The van der Waals surface area contributed by atoms with Crippen molar-refractivity contribution >= 4 is 33.5 Å². The van der Waals surface area contributed by atoms with Gasteiger partial charge in [-0.05, 0) is 44.0 Å². The highest BCUT2D eigenvalue weighted by Crippen LogP contribution is 2.29. The van der Waals surface area contributed by atoms with E-state index in [2.05, 4.69) is 26.5 Å². The molecule has 0 aliphatic heterocycles. The molecule has 1 aromatic heterocycles. The zero-order valence-electron chi connectivity index (χ0n) is 12.9. The summed E-state index contributed by atoms with van der Waals surface area (Å²) >= 11 is 3.32. The number of hydrazone groups is 1. The van der Waals surface area contributed by atoms with Crippen LogP contribution >= 0.6 is 15.9 Å². The van der Waals surface area contributed by atoms with E-state index < -0.39 is 5.97 Å². The lowest BCUT2D eigenvalue weighted by atomic mass is 9.93. The van der Waals surface area contributed by atoms with Gasteiger partial charge < -0.3 is 9.52 Å². The van der Waals surface area contributed by atoms with Gasteiger partial charge in [0.05, 0.1) is 5.71 Å². The van der Waals surface area contributed by atoms with E-state index in [4.69, 9.17) is 4.42 Å². The fourth-order valence-corrected chi connectivity index (χ4v) is 3.03. The molecule has 1 aliphatic carbocycles. The van der Waals surface area contributed by atoms with Gasteiger partial charge in [0.25, 0.3) is 5.91 Å². The number of carboxylic acids is 1. The summed E-state index contributed by atoms with van der Waals surface area (Å²) < 4.78 is 6.32.